The molecule has 1 aromatic carbocycles. The first-order valence-electron chi connectivity index (χ1n) is 8.87. The van der Waals surface area contributed by atoms with Crippen molar-refractivity contribution in [2.24, 2.45) is 5.10 Å². The number of carboxylic acid groups (broad SMARTS) is 1. The predicted octanol–water partition coefficient (Wildman–Crippen LogP) is 2.29. The first-order chi connectivity index (χ1) is 13.4. The second-order valence-corrected chi connectivity index (χ2v) is 6.34. The topological polar surface area (TPSA) is 123 Å². The number of nitrogens with one attached hydrogen (secondary N) is 1. The van der Waals surface area contributed by atoms with Gasteiger partial charge in [-0.3, -0.25) is 14.8 Å². The van der Waals surface area contributed by atoms with Gasteiger partial charge in [-0.2, -0.15) is 5.10 Å². The highest BCUT2D eigenvalue weighted by Gasteiger charge is 2.27. The number of aromatic nitrogens is 2. The number of fused-ring (bicyclic) bond motifs is 1. The molecule has 2 N–H and O–H groups in total. The summed E-state index contributed by atoms with van der Waals surface area (Å²) in [5.74, 6) is -1.36. The zero-order chi connectivity index (χ0) is 20.3. The number of nitrogens with zero attached hydrogens (tertiary/aromatic N) is 3. The number of hydrogen-bond acceptors (Lipinski definition) is 7. The molecule has 3 rings (SSSR count). The van der Waals surface area contributed by atoms with Crippen LogP contribution in [0.4, 0.5) is 5.69 Å². The fourth-order valence-electron chi connectivity index (χ4n) is 2.99. The van der Waals surface area contributed by atoms with Crippen molar-refractivity contribution in [3.63, 3.8) is 0 Å². The van der Waals surface area contributed by atoms with E-state index in [0.29, 0.717) is 30.1 Å². The molecule has 0 aliphatic carbocycles. The largest absolute Gasteiger partial charge is 0.478 e. The summed E-state index contributed by atoms with van der Waals surface area (Å²) < 4.78 is 6.36. The summed E-state index contributed by atoms with van der Waals surface area (Å²) >= 11 is 0. The Morgan fingerprint density at radius 3 is 2.93 bits per heavy atom. The summed E-state index contributed by atoms with van der Waals surface area (Å²) in [7, 11) is 0. The number of hydrazone groups is 1. The van der Waals surface area contributed by atoms with Crippen molar-refractivity contribution in [1.82, 2.24) is 9.55 Å². The highest BCUT2D eigenvalue weighted by Crippen LogP contribution is 2.22. The van der Waals surface area contributed by atoms with Gasteiger partial charge in [0.05, 0.1) is 17.9 Å². The second-order valence-electron chi connectivity index (χ2n) is 6.34. The number of rotatable bonds is 5. The molecule has 2 aromatic rings. The van der Waals surface area contributed by atoms with Crippen molar-refractivity contribution < 1.29 is 19.4 Å². The molecule has 0 radical (unpaired) electrons. The van der Waals surface area contributed by atoms with Crippen molar-refractivity contribution in [3.05, 3.63) is 57.8 Å². The molecule has 1 aliphatic heterocycles. The van der Waals surface area contributed by atoms with Crippen LogP contribution in [0.1, 0.15) is 59.3 Å². The molecule has 146 valence electrons. The van der Waals surface area contributed by atoms with E-state index in [4.69, 9.17) is 9.84 Å². The Balaban J connectivity index is 1.95. The minimum Gasteiger partial charge on any atom is -0.478 e. The van der Waals surface area contributed by atoms with Crippen LogP contribution in [0.2, 0.25) is 0 Å². The molecular weight excluding hydrogens is 364 g/mol. The highest BCUT2D eigenvalue weighted by atomic mass is 16.5. The quantitative estimate of drug-likeness (QED) is 0.599. The molecule has 1 atom stereocenters. The lowest BCUT2D eigenvalue weighted by Crippen LogP contribution is -2.37. The smallest absolute Gasteiger partial charge is 0.345 e. The maximum Gasteiger partial charge on any atom is 0.345 e. The van der Waals surface area contributed by atoms with Crippen LogP contribution in [0.3, 0.4) is 0 Å². The first-order valence-corrected chi connectivity index (χ1v) is 8.87. The molecule has 0 spiro atoms. The number of esters is 1. The summed E-state index contributed by atoms with van der Waals surface area (Å²) in [6.45, 7) is 3.71. The summed E-state index contributed by atoms with van der Waals surface area (Å²) in [5, 5.41) is 13.4. The van der Waals surface area contributed by atoms with Crippen LogP contribution in [0.25, 0.3) is 0 Å². The first kappa shape index (κ1) is 19.3. The van der Waals surface area contributed by atoms with E-state index < -0.39 is 17.5 Å². The highest BCUT2D eigenvalue weighted by molar-refractivity contribution is 5.99. The maximum atomic E-state index is 12.8. The fourth-order valence-corrected chi connectivity index (χ4v) is 2.99. The summed E-state index contributed by atoms with van der Waals surface area (Å²) in [4.78, 5) is 40.1. The molecule has 0 amide bonds. The lowest BCUT2D eigenvalue weighted by molar-refractivity contribution is 0.0522. The molecule has 28 heavy (non-hydrogen) atoms. The van der Waals surface area contributed by atoms with Crippen molar-refractivity contribution in [2.45, 2.75) is 32.7 Å². The van der Waals surface area contributed by atoms with Crippen LogP contribution in [0.15, 0.2) is 40.4 Å². The minimum atomic E-state index is -1.03. The normalized spacial score (nSPS) is 17.1. The van der Waals surface area contributed by atoms with Crippen LogP contribution >= 0.6 is 0 Å². The van der Waals surface area contributed by atoms with Crippen molar-refractivity contribution in [1.29, 1.82) is 0 Å². The van der Waals surface area contributed by atoms with Crippen LogP contribution in [0, 0.1) is 0 Å². The Kier molecular flexibility index (Phi) is 5.53. The molecule has 1 aromatic heterocycles. The van der Waals surface area contributed by atoms with Crippen LogP contribution in [-0.4, -0.2) is 38.9 Å². The average Bonchev–Trinajstić information content (AvgIpc) is 2.68. The van der Waals surface area contributed by atoms with Gasteiger partial charge in [-0.1, -0.05) is 6.07 Å². The average molecular weight is 384 g/mol. The Morgan fingerprint density at radius 1 is 1.43 bits per heavy atom. The lowest BCUT2D eigenvalue weighted by Gasteiger charge is -2.25. The molecule has 0 saturated heterocycles. The predicted molar refractivity (Wildman–Crippen MR) is 102 cm³/mol. The van der Waals surface area contributed by atoms with Crippen molar-refractivity contribution in [2.75, 3.05) is 12.0 Å². The molecule has 0 fully saturated rings. The van der Waals surface area contributed by atoms with Gasteiger partial charge < -0.3 is 9.84 Å². The van der Waals surface area contributed by atoms with Gasteiger partial charge in [-0.15, -0.1) is 0 Å². The van der Waals surface area contributed by atoms with Gasteiger partial charge in [0.2, 0.25) is 0 Å². The molecule has 0 bridgehead atoms. The zero-order valence-electron chi connectivity index (χ0n) is 15.5. The van der Waals surface area contributed by atoms with Gasteiger partial charge in [-0.05, 0) is 44.9 Å². The number of carbonyl (C=O) groups is 2. The van der Waals surface area contributed by atoms with Gasteiger partial charge in [0.1, 0.15) is 11.3 Å². The van der Waals surface area contributed by atoms with Gasteiger partial charge in [0, 0.05) is 12.2 Å². The van der Waals surface area contributed by atoms with E-state index in [1.165, 1.54) is 22.9 Å². The number of carbonyl (C=O) groups excluding carboxylic acids is 1. The number of hydrogen-bond donors (Lipinski definition) is 2. The monoisotopic (exact) mass is 384 g/mol. The molecule has 1 aliphatic rings. The number of aromatic carboxylic acids is 1. The third kappa shape index (κ3) is 3.78. The van der Waals surface area contributed by atoms with Gasteiger partial charge in [-0.25, -0.2) is 14.6 Å². The minimum absolute atomic E-state index is 0.110. The van der Waals surface area contributed by atoms with E-state index in [0.717, 1.165) is 0 Å². The Morgan fingerprint density at radius 2 is 2.21 bits per heavy atom. The van der Waals surface area contributed by atoms with Crippen molar-refractivity contribution >= 4 is 23.3 Å². The number of ether oxygens (including phenoxy) is 1. The van der Waals surface area contributed by atoms with E-state index >= 15 is 0 Å². The third-order valence-electron chi connectivity index (χ3n) is 4.42. The summed E-state index contributed by atoms with van der Waals surface area (Å²) in [5.41, 5.74) is 3.43. The Bertz CT molecular complexity index is 1010. The molecule has 0 saturated carbocycles. The summed E-state index contributed by atoms with van der Waals surface area (Å²) in [6, 6.07) is 6.10. The second kappa shape index (κ2) is 8.03. The molecule has 9 heteroatoms. The van der Waals surface area contributed by atoms with E-state index in [1.807, 2.05) is 6.92 Å². The van der Waals surface area contributed by atoms with Crippen molar-refractivity contribution in [3.8, 4) is 0 Å². The number of carboxylic acids is 1. The fraction of sp³-hybridized carbons (Fsp3) is 0.316. The Hall–Kier alpha value is -3.49. The van der Waals surface area contributed by atoms with Gasteiger partial charge >= 0.3 is 11.9 Å². The molecule has 2 heterocycles. The lowest BCUT2D eigenvalue weighted by atomic mass is 10.0. The van der Waals surface area contributed by atoms with E-state index in [-0.39, 0.29) is 23.8 Å². The van der Waals surface area contributed by atoms with Crippen LogP contribution < -0.4 is 11.0 Å². The Labute approximate surface area is 160 Å². The molecular formula is C19H20N4O5. The van der Waals surface area contributed by atoms with Crippen LogP contribution in [-0.2, 0) is 4.74 Å². The molecule has 1 unspecified atom stereocenters. The van der Waals surface area contributed by atoms with Crippen LogP contribution in [0.5, 0.6) is 0 Å². The van der Waals surface area contributed by atoms with E-state index in [2.05, 4.69) is 15.5 Å². The van der Waals surface area contributed by atoms with E-state index in [9.17, 15) is 14.4 Å². The number of anilines is 1. The SMILES string of the molecule is CCOC(=O)c1cnc2n(c1=O)C(C)CC/C2=N\Nc1cccc(C(=O)O)c1. The van der Waals surface area contributed by atoms with Gasteiger partial charge in [0.25, 0.3) is 5.56 Å². The van der Waals surface area contributed by atoms with E-state index in [1.54, 1.807) is 19.1 Å². The summed E-state index contributed by atoms with van der Waals surface area (Å²) in [6.07, 6.45) is 2.44. The maximum absolute atomic E-state index is 12.8. The zero-order valence-corrected chi connectivity index (χ0v) is 15.5. The third-order valence-corrected chi connectivity index (χ3v) is 4.42. The van der Waals surface area contributed by atoms with Gasteiger partial charge in [0.15, 0.2) is 5.82 Å². The molecule has 9 nitrogen and oxygen atoms in total. The number of benzene rings is 1. The standard InChI is InChI=1S/C19H20N4O5/c1-3-28-19(27)14-10-20-16-15(8-7-11(2)23(16)17(14)24)22-21-13-6-4-5-12(9-13)18(25)26/h4-6,9-11,21H,3,7-8H2,1-2H3,(H,25,26)/b22-15+.